The summed E-state index contributed by atoms with van der Waals surface area (Å²) in [6, 6.07) is 0. The van der Waals surface area contributed by atoms with E-state index in [9.17, 15) is 0 Å². The quantitative estimate of drug-likeness (QED) is 0.649. The van der Waals surface area contributed by atoms with Crippen molar-refractivity contribution in [3.05, 3.63) is 0 Å². The van der Waals surface area contributed by atoms with Crippen LogP contribution in [0.15, 0.2) is 0 Å². The van der Waals surface area contributed by atoms with Gasteiger partial charge in [0, 0.05) is 32.7 Å². The Kier molecular flexibility index (Phi) is 4.42. The largest absolute Gasteiger partial charge is 0.305 e. The average molecular weight is 211 g/mol. The lowest BCUT2D eigenvalue weighted by Gasteiger charge is -2.33. The molecule has 0 saturated carbocycles. The van der Waals surface area contributed by atoms with Gasteiger partial charge in [-0.05, 0) is 32.9 Å². The van der Waals surface area contributed by atoms with E-state index in [1.54, 1.807) is 0 Å². The molecule has 2 heterocycles. The lowest BCUT2D eigenvalue weighted by atomic mass is 10.2. The fourth-order valence-electron chi connectivity index (χ4n) is 2.65. The Morgan fingerprint density at radius 2 is 1.13 bits per heavy atom. The molecule has 0 atom stereocenters. The molecule has 2 fully saturated rings. The zero-order chi connectivity index (χ0) is 10.5. The summed E-state index contributed by atoms with van der Waals surface area (Å²) in [5.74, 6) is 0. The van der Waals surface area contributed by atoms with Crippen molar-refractivity contribution in [3.8, 4) is 0 Å². The smallest absolute Gasteiger partial charge is 0.0261 e. The molecule has 0 spiro atoms. The summed E-state index contributed by atoms with van der Waals surface area (Å²) in [7, 11) is 2.24. The van der Waals surface area contributed by atoms with Crippen LogP contribution < -0.4 is 0 Å². The first kappa shape index (κ1) is 11.4. The highest BCUT2D eigenvalue weighted by Crippen LogP contribution is 2.13. The molecule has 2 saturated heterocycles. The van der Waals surface area contributed by atoms with Crippen LogP contribution in [0.1, 0.15) is 32.1 Å². The maximum atomic E-state index is 2.62. The normalized spacial score (nSPS) is 28.6. The first-order valence-electron chi connectivity index (χ1n) is 6.54. The van der Waals surface area contributed by atoms with Crippen molar-refractivity contribution in [3.63, 3.8) is 0 Å². The Balaban J connectivity index is 1.84. The molecule has 0 radical (unpaired) electrons. The van der Waals surface area contributed by atoms with Crippen molar-refractivity contribution in [1.82, 2.24) is 14.9 Å². The molecule has 2 aliphatic rings. The first-order chi connectivity index (χ1) is 7.36. The van der Waals surface area contributed by atoms with Crippen LogP contribution >= 0.6 is 0 Å². The summed E-state index contributed by atoms with van der Waals surface area (Å²) in [4.78, 5) is 2.46. The van der Waals surface area contributed by atoms with Crippen LogP contribution in [-0.2, 0) is 0 Å². The van der Waals surface area contributed by atoms with E-state index < -0.39 is 0 Å². The molecule has 2 rings (SSSR count). The summed E-state index contributed by atoms with van der Waals surface area (Å²) in [5, 5.41) is 5.22. The van der Waals surface area contributed by atoms with E-state index in [-0.39, 0.29) is 0 Å². The molecule has 3 nitrogen and oxygen atoms in total. The van der Waals surface area contributed by atoms with Gasteiger partial charge in [0.1, 0.15) is 0 Å². The van der Waals surface area contributed by atoms with Crippen LogP contribution in [0.25, 0.3) is 0 Å². The van der Waals surface area contributed by atoms with Crippen molar-refractivity contribution >= 4 is 0 Å². The fourth-order valence-corrected chi connectivity index (χ4v) is 2.65. The maximum Gasteiger partial charge on any atom is 0.0261 e. The number of rotatable bonds is 1. The molecule has 3 heteroatoms. The van der Waals surface area contributed by atoms with Gasteiger partial charge in [0.05, 0.1) is 0 Å². The Morgan fingerprint density at radius 3 is 1.87 bits per heavy atom. The van der Waals surface area contributed by atoms with E-state index in [0.29, 0.717) is 0 Å². The molecule has 0 aromatic rings. The van der Waals surface area contributed by atoms with E-state index in [1.807, 2.05) is 0 Å². The van der Waals surface area contributed by atoms with Gasteiger partial charge in [-0.2, -0.15) is 0 Å². The van der Waals surface area contributed by atoms with Gasteiger partial charge in [-0.3, -0.25) is 0 Å². The van der Waals surface area contributed by atoms with Gasteiger partial charge >= 0.3 is 0 Å². The Hall–Kier alpha value is -0.120. The number of hydrazine groups is 1. The molecule has 88 valence electrons. The van der Waals surface area contributed by atoms with E-state index in [4.69, 9.17) is 0 Å². The van der Waals surface area contributed by atoms with Crippen molar-refractivity contribution in [2.45, 2.75) is 32.1 Å². The zero-order valence-corrected chi connectivity index (χ0v) is 10.1. The van der Waals surface area contributed by atoms with Crippen LogP contribution in [0.3, 0.4) is 0 Å². The Bertz CT molecular complexity index is 176. The number of likely N-dealkylation sites (N-methyl/N-ethyl adjacent to an activating group) is 1. The SMILES string of the molecule is CN1CCCN(N2CCCCCC2)CC1. The van der Waals surface area contributed by atoms with Gasteiger partial charge in [-0.1, -0.05) is 12.8 Å². The molecule has 0 unspecified atom stereocenters. The third-order valence-corrected chi connectivity index (χ3v) is 3.68. The van der Waals surface area contributed by atoms with Crippen LogP contribution in [0, 0.1) is 0 Å². The summed E-state index contributed by atoms with van der Waals surface area (Å²) in [5.41, 5.74) is 0. The monoisotopic (exact) mass is 211 g/mol. The second-order valence-corrected chi connectivity index (χ2v) is 4.98. The molecule has 0 N–H and O–H groups in total. The second kappa shape index (κ2) is 5.83. The second-order valence-electron chi connectivity index (χ2n) is 4.98. The van der Waals surface area contributed by atoms with Crippen molar-refractivity contribution < 1.29 is 0 Å². The van der Waals surface area contributed by atoms with Crippen LogP contribution in [-0.4, -0.2) is 61.2 Å². The summed E-state index contributed by atoms with van der Waals surface area (Å²) in [6.07, 6.45) is 6.99. The van der Waals surface area contributed by atoms with Crippen molar-refractivity contribution in [2.24, 2.45) is 0 Å². The Labute approximate surface area is 94.0 Å². The molecular weight excluding hydrogens is 186 g/mol. The predicted octanol–water partition coefficient (Wildman–Crippen LogP) is 1.41. The number of hydrogen-bond donors (Lipinski definition) is 0. The van der Waals surface area contributed by atoms with E-state index in [0.717, 1.165) is 0 Å². The van der Waals surface area contributed by atoms with E-state index >= 15 is 0 Å². The predicted molar refractivity (Wildman–Crippen MR) is 63.7 cm³/mol. The molecule has 0 aliphatic carbocycles. The number of hydrogen-bond acceptors (Lipinski definition) is 3. The Morgan fingerprint density at radius 1 is 0.533 bits per heavy atom. The van der Waals surface area contributed by atoms with Crippen LogP contribution in [0.4, 0.5) is 0 Å². The minimum Gasteiger partial charge on any atom is -0.305 e. The molecule has 0 aromatic carbocycles. The molecule has 0 bridgehead atoms. The first-order valence-corrected chi connectivity index (χ1v) is 6.54. The molecular formula is C12H25N3. The molecule has 0 aromatic heterocycles. The van der Waals surface area contributed by atoms with E-state index in [1.165, 1.54) is 71.4 Å². The van der Waals surface area contributed by atoms with Gasteiger partial charge in [-0.15, -0.1) is 0 Å². The summed E-state index contributed by atoms with van der Waals surface area (Å²) < 4.78 is 0. The minimum absolute atomic E-state index is 1.23. The van der Waals surface area contributed by atoms with Gasteiger partial charge < -0.3 is 4.90 Å². The highest BCUT2D eigenvalue weighted by atomic mass is 15.6. The summed E-state index contributed by atoms with van der Waals surface area (Å²) in [6.45, 7) is 7.59. The topological polar surface area (TPSA) is 9.72 Å². The van der Waals surface area contributed by atoms with Gasteiger partial charge in [0.15, 0.2) is 0 Å². The lowest BCUT2D eigenvalue weighted by molar-refractivity contribution is -0.0183. The summed E-state index contributed by atoms with van der Waals surface area (Å²) >= 11 is 0. The average Bonchev–Trinajstić information content (AvgIpc) is 2.59. The van der Waals surface area contributed by atoms with Gasteiger partial charge in [0.2, 0.25) is 0 Å². The standard InChI is InChI=1S/C12H25N3/c1-13-7-6-10-15(12-11-13)14-8-4-2-3-5-9-14/h2-12H2,1H3. The van der Waals surface area contributed by atoms with Crippen molar-refractivity contribution in [2.75, 3.05) is 46.3 Å². The molecule has 15 heavy (non-hydrogen) atoms. The van der Waals surface area contributed by atoms with Crippen LogP contribution in [0.2, 0.25) is 0 Å². The van der Waals surface area contributed by atoms with Crippen LogP contribution in [0.5, 0.6) is 0 Å². The molecule has 2 aliphatic heterocycles. The zero-order valence-electron chi connectivity index (χ0n) is 10.1. The van der Waals surface area contributed by atoms with Crippen molar-refractivity contribution in [1.29, 1.82) is 0 Å². The third-order valence-electron chi connectivity index (χ3n) is 3.68. The van der Waals surface area contributed by atoms with Gasteiger partial charge in [-0.25, -0.2) is 10.0 Å². The highest BCUT2D eigenvalue weighted by molar-refractivity contribution is 4.68. The lowest BCUT2D eigenvalue weighted by Crippen LogP contribution is -2.45. The third kappa shape index (κ3) is 3.44. The fraction of sp³-hybridized carbons (Fsp3) is 1.00. The highest BCUT2D eigenvalue weighted by Gasteiger charge is 2.19. The van der Waals surface area contributed by atoms with Gasteiger partial charge in [0.25, 0.3) is 0 Å². The number of nitrogens with zero attached hydrogens (tertiary/aromatic N) is 3. The maximum absolute atomic E-state index is 2.62. The minimum atomic E-state index is 1.23. The molecule has 0 amide bonds. The van der Waals surface area contributed by atoms with E-state index in [2.05, 4.69) is 22.0 Å².